The third-order valence-electron chi connectivity index (χ3n) is 3.63. The van der Waals surface area contributed by atoms with E-state index in [-0.39, 0.29) is 0 Å². The molecule has 17 heavy (non-hydrogen) atoms. The van der Waals surface area contributed by atoms with Crippen molar-refractivity contribution in [2.24, 2.45) is 5.92 Å². The smallest absolute Gasteiger partial charge is 0.0452 e. The SMILES string of the molecule is CC(C)C1CCCN1Cc1cc(N)ccc1Cl. The van der Waals surface area contributed by atoms with Crippen molar-refractivity contribution in [2.45, 2.75) is 39.3 Å². The third kappa shape index (κ3) is 2.93. The zero-order valence-corrected chi connectivity index (χ0v) is 11.4. The number of halogens is 1. The molecule has 0 saturated carbocycles. The van der Waals surface area contributed by atoms with Crippen LogP contribution in [0.4, 0.5) is 5.69 Å². The van der Waals surface area contributed by atoms with E-state index >= 15 is 0 Å². The monoisotopic (exact) mass is 252 g/mol. The summed E-state index contributed by atoms with van der Waals surface area (Å²) in [6.07, 6.45) is 2.60. The summed E-state index contributed by atoms with van der Waals surface area (Å²) >= 11 is 6.22. The second-order valence-corrected chi connectivity index (χ2v) is 5.68. The van der Waals surface area contributed by atoms with E-state index in [0.717, 1.165) is 22.8 Å². The summed E-state index contributed by atoms with van der Waals surface area (Å²) in [5.41, 5.74) is 7.77. The first-order chi connectivity index (χ1) is 8.08. The predicted octanol–water partition coefficient (Wildman–Crippen LogP) is 3.54. The first-order valence-corrected chi connectivity index (χ1v) is 6.73. The average molecular weight is 253 g/mol. The number of nitrogens with two attached hydrogens (primary N) is 1. The summed E-state index contributed by atoms with van der Waals surface area (Å²) in [6, 6.07) is 6.44. The summed E-state index contributed by atoms with van der Waals surface area (Å²) in [5.74, 6) is 0.706. The van der Waals surface area contributed by atoms with Gasteiger partial charge in [-0.25, -0.2) is 0 Å². The highest BCUT2D eigenvalue weighted by molar-refractivity contribution is 6.31. The molecule has 2 rings (SSSR count). The van der Waals surface area contributed by atoms with Gasteiger partial charge in [-0.1, -0.05) is 25.4 Å². The van der Waals surface area contributed by atoms with Crippen LogP contribution in [0.15, 0.2) is 18.2 Å². The summed E-state index contributed by atoms with van der Waals surface area (Å²) in [7, 11) is 0. The van der Waals surface area contributed by atoms with Crippen LogP contribution in [0.1, 0.15) is 32.3 Å². The number of hydrogen-bond donors (Lipinski definition) is 1. The van der Waals surface area contributed by atoms with Gasteiger partial charge in [-0.2, -0.15) is 0 Å². The predicted molar refractivity (Wildman–Crippen MR) is 74.1 cm³/mol. The molecule has 1 aliphatic rings. The fourth-order valence-electron chi connectivity index (χ4n) is 2.74. The van der Waals surface area contributed by atoms with Crippen LogP contribution < -0.4 is 5.73 Å². The van der Waals surface area contributed by atoms with Crippen LogP contribution in [0.2, 0.25) is 5.02 Å². The standard InChI is InChI=1S/C14H21ClN2/c1-10(2)14-4-3-7-17(14)9-11-8-12(16)5-6-13(11)15/h5-6,8,10,14H,3-4,7,9,16H2,1-2H3. The molecule has 1 heterocycles. The second-order valence-electron chi connectivity index (χ2n) is 5.27. The summed E-state index contributed by atoms with van der Waals surface area (Å²) < 4.78 is 0. The normalized spacial score (nSPS) is 21.3. The van der Waals surface area contributed by atoms with Crippen LogP contribution in [0.3, 0.4) is 0 Å². The minimum absolute atomic E-state index is 0.687. The number of hydrogen-bond acceptors (Lipinski definition) is 2. The molecular formula is C14H21ClN2. The topological polar surface area (TPSA) is 29.3 Å². The number of likely N-dealkylation sites (tertiary alicyclic amines) is 1. The Morgan fingerprint density at radius 2 is 2.24 bits per heavy atom. The molecule has 1 aliphatic heterocycles. The molecule has 1 unspecified atom stereocenters. The van der Waals surface area contributed by atoms with Gasteiger partial charge in [0, 0.05) is 23.3 Å². The molecule has 2 nitrogen and oxygen atoms in total. The van der Waals surface area contributed by atoms with Crippen molar-refractivity contribution in [3.05, 3.63) is 28.8 Å². The van der Waals surface area contributed by atoms with Crippen LogP contribution in [-0.4, -0.2) is 17.5 Å². The van der Waals surface area contributed by atoms with Crippen LogP contribution >= 0.6 is 11.6 Å². The molecule has 0 amide bonds. The lowest BCUT2D eigenvalue weighted by molar-refractivity contribution is 0.199. The number of nitrogens with zero attached hydrogens (tertiary/aromatic N) is 1. The van der Waals surface area contributed by atoms with E-state index < -0.39 is 0 Å². The lowest BCUT2D eigenvalue weighted by Gasteiger charge is -2.27. The Kier molecular flexibility index (Phi) is 3.95. The van der Waals surface area contributed by atoms with E-state index in [1.807, 2.05) is 18.2 Å². The first kappa shape index (κ1) is 12.7. The van der Waals surface area contributed by atoms with Gasteiger partial charge in [0.2, 0.25) is 0 Å². The van der Waals surface area contributed by atoms with Crippen molar-refractivity contribution < 1.29 is 0 Å². The van der Waals surface area contributed by atoms with Gasteiger partial charge in [0.25, 0.3) is 0 Å². The largest absolute Gasteiger partial charge is 0.399 e. The molecule has 1 atom stereocenters. The van der Waals surface area contributed by atoms with Gasteiger partial charge in [-0.05, 0) is 49.1 Å². The number of rotatable bonds is 3. The molecule has 3 heteroatoms. The quantitative estimate of drug-likeness (QED) is 0.834. The van der Waals surface area contributed by atoms with E-state index in [1.54, 1.807) is 0 Å². The molecule has 1 aromatic rings. The second kappa shape index (κ2) is 5.28. The van der Waals surface area contributed by atoms with Crippen LogP contribution in [0.5, 0.6) is 0 Å². The molecular weight excluding hydrogens is 232 g/mol. The number of anilines is 1. The molecule has 0 aromatic heterocycles. The maximum absolute atomic E-state index is 6.22. The van der Waals surface area contributed by atoms with E-state index in [1.165, 1.54) is 19.4 Å². The minimum atomic E-state index is 0.687. The van der Waals surface area contributed by atoms with E-state index in [9.17, 15) is 0 Å². The minimum Gasteiger partial charge on any atom is -0.399 e. The van der Waals surface area contributed by atoms with E-state index in [0.29, 0.717) is 12.0 Å². The van der Waals surface area contributed by atoms with Crippen molar-refractivity contribution in [1.82, 2.24) is 4.90 Å². The highest BCUT2D eigenvalue weighted by Gasteiger charge is 2.27. The molecule has 0 aliphatic carbocycles. The summed E-state index contributed by atoms with van der Waals surface area (Å²) in [4.78, 5) is 2.53. The van der Waals surface area contributed by atoms with Crippen molar-refractivity contribution in [3.8, 4) is 0 Å². The zero-order chi connectivity index (χ0) is 12.4. The Morgan fingerprint density at radius 3 is 2.94 bits per heavy atom. The Labute approximate surface area is 109 Å². The summed E-state index contributed by atoms with van der Waals surface area (Å²) in [6.45, 7) is 6.69. The van der Waals surface area contributed by atoms with Crippen LogP contribution in [0.25, 0.3) is 0 Å². The van der Waals surface area contributed by atoms with E-state index in [4.69, 9.17) is 17.3 Å². The molecule has 1 aromatic carbocycles. The van der Waals surface area contributed by atoms with Crippen LogP contribution in [0, 0.1) is 5.92 Å². The Morgan fingerprint density at radius 1 is 1.47 bits per heavy atom. The Bertz CT molecular complexity index is 390. The number of nitrogen functional groups attached to an aromatic ring is 1. The van der Waals surface area contributed by atoms with Gasteiger partial charge in [0.15, 0.2) is 0 Å². The Hall–Kier alpha value is -0.730. The van der Waals surface area contributed by atoms with Gasteiger partial charge in [0.1, 0.15) is 0 Å². The highest BCUT2D eigenvalue weighted by atomic mass is 35.5. The summed E-state index contributed by atoms with van der Waals surface area (Å²) in [5, 5.41) is 0.827. The Balaban J connectivity index is 2.12. The molecule has 94 valence electrons. The van der Waals surface area contributed by atoms with Crippen molar-refractivity contribution >= 4 is 17.3 Å². The molecule has 0 radical (unpaired) electrons. The third-order valence-corrected chi connectivity index (χ3v) is 4.00. The highest BCUT2D eigenvalue weighted by Crippen LogP contribution is 2.28. The lowest BCUT2D eigenvalue weighted by Crippen LogP contribution is -2.32. The van der Waals surface area contributed by atoms with Crippen LogP contribution in [-0.2, 0) is 6.54 Å². The fraction of sp³-hybridized carbons (Fsp3) is 0.571. The average Bonchev–Trinajstić information content (AvgIpc) is 2.71. The molecule has 0 spiro atoms. The van der Waals surface area contributed by atoms with Crippen molar-refractivity contribution in [3.63, 3.8) is 0 Å². The lowest BCUT2D eigenvalue weighted by atomic mass is 10.0. The zero-order valence-electron chi connectivity index (χ0n) is 10.6. The molecule has 0 bridgehead atoms. The van der Waals surface area contributed by atoms with Gasteiger partial charge < -0.3 is 5.73 Å². The fourth-order valence-corrected chi connectivity index (χ4v) is 2.92. The maximum Gasteiger partial charge on any atom is 0.0452 e. The van der Waals surface area contributed by atoms with Gasteiger partial charge >= 0.3 is 0 Å². The van der Waals surface area contributed by atoms with Gasteiger partial charge in [-0.15, -0.1) is 0 Å². The number of benzene rings is 1. The molecule has 2 N–H and O–H groups in total. The molecule has 1 saturated heterocycles. The van der Waals surface area contributed by atoms with Crippen molar-refractivity contribution in [2.75, 3.05) is 12.3 Å². The first-order valence-electron chi connectivity index (χ1n) is 6.36. The van der Waals surface area contributed by atoms with Crippen molar-refractivity contribution in [1.29, 1.82) is 0 Å². The molecule has 1 fully saturated rings. The van der Waals surface area contributed by atoms with Gasteiger partial charge in [0.05, 0.1) is 0 Å². The maximum atomic E-state index is 6.22. The van der Waals surface area contributed by atoms with E-state index in [2.05, 4.69) is 18.7 Å². The van der Waals surface area contributed by atoms with Gasteiger partial charge in [-0.3, -0.25) is 4.90 Å².